The van der Waals surface area contributed by atoms with Crippen molar-refractivity contribution in [3.05, 3.63) is 35.4 Å². The van der Waals surface area contributed by atoms with Crippen LogP contribution in [0.3, 0.4) is 0 Å². The van der Waals surface area contributed by atoms with E-state index < -0.39 is 0 Å². The van der Waals surface area contributed by atoms with Crippen LogP contribution in [-0.2, 0) is 6.42 Å². The van der Waals surface area contributed by atoms with Gasteiger partial charge in [-0.1, -0.05) is 25.1 Å². The molecule has 1 heteroatoms. The van der Waals surface area contributed by atoms with Crippen molar-refractivity contribution in [2.75, 3.05) is 0 Å². The van der Waals surface area contributed by atoms with Gasteiger partial charge in [-0.25, -0.2) is 0 Å². The number of hydrogen-bond acceptors (Lipinski definition) is 1. The third kappa shape index (κ3) is 2.12. The van der Waals surface area contributed by atoms with Crippen molar-refractivity contribution in [1.82, 2.24) is 0 Å². The summed E-state index contributed by atoms with van der Waals surface area (Å²) in [6, 6.07) is 5.64. The lowest BCUT2D eigenvalue weighted by Gasteiger charge is -2.00. The van der Waals surface area contributed by atoms with Crippen LogP contribution in [0.2, 0.25) is 0 Å². The third-order valence-corrected chi connectivity index (χ3v) is 1.77. The largest absolute Gasteiger partial charge is 0.508 e. The first-order valence-electron chi connectivity index (χ1n) is 4.22. The standard InChI is InChI=1S/C11H14O/c1-3-5-10-6-9(4-2)7-11(12)8-10/h3,5-8,12H,4H2,1-2H3. The van der Waals surface area contributed by atoms with Gasteiger partial charge >= 0.3 is 0 Å². The predicted octanol–water partition coefficient (Wildman–Crippen LogP) is 2.99. The Kier molecular flexibility index (Phi) is 2.92. The molecule has 0 aliphatic carbocycles. The molecule has 1 aromatic rings. The van der Waals surface area contributed by atoms with Gasteiger partial charge in [0, 0.05) is 0 Å². The van der Waals surface area contributed by atoms with Gasteiger partial charge in [0.25, 0.3) is 0 Å². The summed E-state index contributed by atoms with van der Waals surface area (Å²) in [6.45, 7) is 4.05. The summed E-state index contributed by atoms with van der Waals surface area (Å²) in [5.74, 6) is 0.349. The molecule has 0 amide bonds. The fourth-order valence-corrected chi connectivity index (χ4v) is 1.19. The first-order valence-corrected chi connectivity index (χ1v) is 4.22. The summed E-state index contributed by atoms with van der Waals surface area (Å²) in [6.07, 6.45) is 4.91. The molecule has 0 saturated heterocycles. The minimum Gasteiger partial charge on any atom is -0.508 e. The van der Waals surface area contributed by atoms with E-state index >= 15 is 0 Å². The number of aryl methyl sites for hydroxylation is 1. The second kappa shape index (κ2) is 3.96. The molecule has 0 aromatic heterocycles. The Morgan fingerprint density at radius 3 is 2.67 bits per heavy atom. The van der Waals surface area contributed by atoms with Gasteiger partial charge in [-0.05, 0) is 36.6 Å². The van der Waals surface area contributed by atoms with Gasteiger partial charge in [-0.15, -0.1) is 0 Å². The normalized spacial score (nSPS) is 10.8. The minimum absolute atomic E-state index is 0.349. The molecule has 0 aliphatic rings. The molecule has 64 valence electrons. The highest BCUT2D eigenvalue weighted by atomic mass is 16.3. The molecule has 0 aliphatic heterocycles. The number of allylic oxidation sites excluding steroid dienone is 1. The zero-order chi connectivity index (χ0) is 8.97. The van der Waals surface area contributed by atoms with Crippen molar-refractivity contribution in [3.63, 3.8) is 0 Å². The van der Waals surface area contributed by atoms with Crippen LogP contribution in [0.15, 0.2) is 24.3 Å². The smallest absolute Gasteiger partial charge is 0.116 e. The quantitative estimate of drug-likeness (QED) is 0.708. The number of phenolic OH excluding ortho intramolecular Hbond substituents is 1. The van der Waals surface area contributed by atoms with E-state index in [1.54, 1.807) is 12.1 Å². The SMILES string of the molecule is CC=Cc1cc(O)cc(CC)c1. The second-order valence-corrected chi connectivity index (χ2v) is 2.79. The van der Waals surface area contributed by atoms with E-state index in [-0.39, 0.29) is 0 Å². The number of benzene rings is 1. The van der Waals surface area contributed by atoms with Crippen LogP contribution in [0.1, 0.15) is 25.0 Å². The topological polar surface area (TPSA) is 20.2 Å². The Morgan fingerprint density at radius 2 is 2.08 bits per heavy atom. The van der Waals surface area contributed by atoms with Gasteiger partial charge < -0.3 is 5.11 Å². The monoisotopic (exact) mass is 162 g/mol. The van der Waals surface area contributed by atoms with E-state index in [2.05, 4.69) is 13.0 Å². The molecule has 0 radical (unpaired) electrons. The zero-order valence-corrected chi connectivity index (χ0v) is 7.54. The molecule has 12 heavy (non-hydrogen) atoms. The molecule has 0 spiro atoms. The van der Waals surface area contributed by atoms with Gasteiger partial charge in [-0.2, -0.15) is 0 Å². The summed E-state index contributed by atoms with van der Waals surface area (Å²) >= 11 is 0. The number of aromatic hydroxyl groups is 1. The van der Waals surface area contributed by atoms with E-state index in [0.717, 1.165) is 12.0 Å². The van der Waals surface area contributed by atoms with Gasteiger partial charge in [0.2, 0.25) is 0 Å². The Hall–Kier alpha value is -1.24. The van der Waals surface area contributed by atoms with Crippen molar-refractivity contribution >= 4 is 6.08 Å². The van der Waals surface area contributed by atoms with Crippen molar-refractivity contribution < 1.29 is 5.11 Å². The van der Waals surface area contributed by atoms with Crippen LogP contribution in [0.5, 0.6) is 5.75 Å². The van der Waals surface area contributed by atoms with Gasteiger partial charge in [-0.3, -0.25) is 0 Å². The van der Waals surface area contributed by atoms with Crippen LogP contribution < -0.4 is 0 Å². The summed E-state index contributed by atoms with van der Waals surface area (Å²) in [5, 5.41) is 9.32. The van der Waals surface area contributed by atoms with Gasteiger partial charge in [0.05, 0.1) is 0 Å². The average molecular weight is 162 g/mol. The van der Waals surface area contributed by atoms with Crippen molar-refractivity contribution in [2.24, 2.45) is 0 Å². The first kappa shape index (κ1) is 8.85. The molecular formula is C11H14O. The molecule has 1 aromatic carbocycles. The summed E-state index contributed by atoms with van der Waals surface area (Å²) in [5.41, 5.74) is 2.23. The van der Waals surface area contributed by atoms with Crippen molar-refractivity contribution in [3.8, 4) is 5.75 Å². The van der Waals surface area contributed by atoms with Crippen LogP contribution in [0.4, 0.5) is 0 Å². The second-order valence-electron chi connectivity index (χ2n) is 2.79. The highest BCUT2D eigenvalue weighted by Gasteiger charge is 1.94. The first-order chi connectivity index (χ1) is 5.76. The highest BCUT2D eigenvalue weighted by Crippen LogP contribution is 2.17. The fourth-order valence-electron chi connectivity index (χ4n) is 1.19. The van der Waals surface area contributed by atoms with E-state index in [9.17, 15) is 5.11 Å². The number of rotatable bonds is 2. The maximum absolute atomic E-state index is 9.32. The Balaban J connectivity index is 3.06. The van der Waals surface area contributed by atoms with Gasteiger partial charge in [0.1, 0.15) is 5.75 Å². The molecule has 0 atom stereocenters. The molecule has 1 rings (SSSR count). The van der Waals surface area contributed by atoms with Crippen LogP contribution in [-0.4, -0.2) is 5.11 Å². The molecule has 0 fully saturated rings. The lowest BCUT2D eigenvalue weighted by atomic mass is 10.1. The van der Waals surface area contributed by atoms with Gasteiger partial charge in [0.15, 0.2) is 0 Å². The maximum atomic E-state index is 9.32. The van der Waals surface area contributed by atoms with Crippen molar-refractivity contribution in [2.45, 2.75) is 20.3 Å². The van der Waals surface area contributed by atoms with Crippen LogP contribution in [0.25, 0.3) is 6.08 Å². The summed E-state index contributed by atoms with van der Waals surface area (Å²) < 4.78 is 0. The number of hydrogen-bond donors (Lipinski definition) is 1. The molecule has 0 bridgehead atoms. The lowest BCUT2D eigenvalue weighted by Crippen LogP contribution is -1.81. The average Bonchev–Trinajstić information content (AvgIpc) is 2.04. The maximum Gasteiger partial charge on any atom is 0.116 e. The molecule has 0 saturated carbocycles. The molecule has 1 N–H and O–H groups in total. The van der Waals surface area contributed by atoms with E-state index in [0.29, 0.717) is 5.75 Å². The fraction of sp³-hybridized carbons (Fsp3) is 0.273. The lowest BCUT2D eigenvalue weighted by molar-refractivity contribution is 0.474. The highest BCUT2D eigenvalue weighted by molar-refractivity contribution is 5.53. The number of phenols is 1. The van der Waals surface area contributed by atoms with Crippen LogP contribution in [0, 0.1) is 0 Å². The zero-order valence-electron chi connectivity index (χ0n) is 7.54. The minimum atomic E-state index is 0.349. The molecular weight excluding hydrogens is 148 g/mol. The molecule has 0 heterocycles. The van der Waals surface area contributed by atoms with E-state index in [4.69, 9.17) is 0 Å². The molecule has 0 unspecified atom stereocenters. The Morgan fingerprint density at radius 1 is 1.33 bits per heavy atom. The van der Waals surface area contributed by atoms with E-state index in [1.165, 1.54) is 5.56 Å². The predicted molar refractivity (Wildman–Crippen MR) is 52.2 cm³/mol. The Bertz CT molecular complexity index is 287. The summed E-state index contributed by atoms with van der Waals surface area (Å²) in [7, 11) is 0. The third-order valence-electron chi connectivity index (χ3n) is 1.77. The van der Waals surface area contributed by atoms with Crippen LogP contribution >= 0.6 is 0 Å². The Labute approximate surface area is 73.4 Å². The van der Waals surface area contributed by atoms with E-state index in [1.807, 2.05) is 19.1 Å². The summed E-state index contributed by atoms with van der Waals surface area (Å²) in [4.78, 5) is 0. The van der Waals surface area contributed by atoms with Crippen molar-refractivity contribution in [1.29, 1.82) is 0 Å². The molecule has 1 nitrogen and oxygen atoms in total.